The Morgan fingerprint density at radius 1 is 1.00 bits per heavy atom. The highest BCUT2D eigenvalue weighted by atomic mass is 35.5. The molecule has 1 aliphatic rings. The number of nitrogens with zero attached hydrogens (tertiary/aromatic N) is 2. The largest absolute Gasteiger partial charge is 0.233 e. The molecule has 3 rings (SSSR count). The maximum atomic E-state index is 6.18. The van der Waals surface area contributed by atoms with Crippen LogP contribution in [0.5, 0.6) is 0 Å². The fraction of sp³-hybridized carbons (Fsp3) is 0.231. The van der Waals surface area contributed by atoms with Crippen molar-refractivity contribution in [2.24, 2.45) is 0 Å². The van der Waals surface area contributed by atoms with Crippen LogP contribution >= 0.6 is 23.2 Å². The van der Waals surface area contributed by atoms with Crippen molar-refractivity contribution in [2.45, 2.75) is 19.3 Å². The summed E-state index contributed by atoms with van der Waals surface area (Å²) in [5.41, 5.74) is 3.01. The second kappa shape index (κ2) is 4.28. The first-order chi connectivity index (χ1) is 8.25. The SMILES string of the molecule is Clc1ccccc1-c1nc(Cl)c2c(n1)CCC2. The van der Waals surface area contributed by atoms with Gasteiger partial charge in [-0.25, -0.2) is 9.97 Å². The van der Waals surface area contributed by atoms with Crippen LogP contribution in [0.3, 0.4) is 0 Å². The van der Waals surface area contributed by atoms with Gasteiger partial charge in [-0.1, -0.05) is 35.3 Å². The summed E-state index contributed by atoms with van der Waals surface area (Å²) in [5.74, 6) is 0.626. The van der Waals surface area contributed by atoms with E-state index >= 15 is 0 Å². The van der Waals surface area contributed by atoms with Gasteiger partial charge in [0.25, 0.3) is 0 Å². The Balaban J connectivity index is 2.17. The zero-order chi connectivity index (χ0) is 11.8. The van der Waals surface area contributed by atoms with Gasteiger partial charge in [0.05, 0.1) is 5.02 Å². The Labute approximate surface area is 110 Å². The van der Waals surface area contributed by atoms with E-state index in [-0.39, 0.29) is 0 Å². The van der Waals surface area contributed by atoms with Crippen molar-refractivity contribution in [3.63, 3.8) is 0 Å². The van der Waals surface area contributed by atoms with Crippen molar-refractivity contribution in [1.82, 2.24) is 9.97 Å². The number of aromatic nitrogens is 2. The molecule has 0 radical (unpaired) electrons. The molecule has 86 valence electrons. The van der Waals surface area contributed by atoms with Gasteiger partial charge in [0.1, 0.15) is 5.15 Å². The topological polar surface area (TPSA) is 25.8 Å². The summed E-state index contributed by atoms with van der Waals surface area (Å²) >= 11 is 12.3. The molecule has 1 aliphatic carbocycles. The molecule has 0 spiro atoms. The van der Waals surface area contributed by atoms with E-state index in [1.807, 2.05) is 24.3 Å². The fourth-order valence-electron chi connectivity index (χ4n) is 2.15. The highest BCUT2D eigenvalue weighted by Crippen LogP contribution is 2.31. The summed E-state index contributed by atoms with van der Waals surface area (Å²) in [7, 11) is 0. The zero-order valence-corrected chi connectivity index (χ0v) is 10.6. The monoisotopic (exact) mass is 264 g/mol. The first-order valence-electron chi connectivity index (χ1n) is 5.56. The molecule has 0 bridgehead atoms. The summed E-state index contributed by atoms with van der Waals surface area (Å²) in [4.78, 5) is 8.91. The smallest absolute Gasteiger partial charge is 0.162 e. The molecule has 0 N–H and O–H groups in total. The van der Waals surface area contributed by atoms with Crippen molar-refractivity contribution in [2.75, 3.05) is 0 Å². The average molecular weight is 265 g/mol. The maximum absolute atomic E-state index is 6.18. The van der Waals surface area contributed by atoms with E-state index in [0.29, 0.717) is 16.0 Å². The lowest BCUT2D eigenvalue weighted by Gasteiger charge is -2.06. The second-order valence-corrected chi connectivity index (χ2v) is 4.86. The quantitative estimate of drug-likeness (QED) is 0.730. The van der Waals surface area contributed by atoms with Crippen LogP contribution in [-0.2, 0) is 12.8 Å². The minimum atomic E-state index is 0.572. The van der Waals surface area contributed by atoms with E-state index in [1.165, 1.54) is 0 Å². The normalized spacial score (nSPS) is 13.8. The van der Waals surface area contributed by atoms with E-state index in [9.17, 15) is 0 Å². The maximum Gasteiger partial charge on any atom is 0.162 e. The molecule has 2 nitrogen and oxygen atoms in total. The van der Waals surface area contributed by atoms with E-state index in [4.69, 9.17) is 23.2 Å². The average Bonchev–Trinajstić information content (AvgIpc) is 2.78. The van der Waals surface area contributed by atoms with Crippen LogP contribution in [0.25, 0.3) is 11.4 Å². The van der Waals surface area contributed by atoms with Crippen molar-refractivity contribution >= 4 is 23.2 Å². The molecule has 0 aliphatic heterocycles. The standard InChI is InChI=1S/C13H10Cl2N2/c14-10-6-2-1-4-8(10)13-16-11-7-3-5-9(11)12(15)17-13/h1-2,4,6H,3,5,7H2. The predicted molar refractivity (Wildman–Crippen MR) is 69.5 cm³/mol. The number of hydrogen-bond acceptors (Lipinski definition) is 2. The Morgan fingerprint density at radius 3 is 2.65 bits per heavy atom. The predicted octanol–water partition coefficient (Wildman–Crippen LogP) is 3.94. The van der Waals surface area contributed by atoms with Gasteiger partial charge in [0.15, 0.2) is 5.82 Å². The molecule has 0 saturated heterocycles. The molecule has 17 heavy (non-hydrogen) atoms. The second-order valence-electron chi connectivity index (χ2n) is 4.10. The number of benzene rings is 1. The summed E-state index contributed by atoms with van der Waals surface area (Å²) < 4.78 is 0. The molecule has 0 atom stereocenters. The van der Waals surface area contributed by atoms with Gasteiger partial charge in [0, 0.05) is 16.8 Å². The summed E-state index contributed by atoms with van der Waals surface area (Å²) in [5, 5.41) is 1.23. The van der Waals surface area contributed by atoms with Crippen LogP contribution in [0, 0.1) is 0 Å². The first-order valence-corrected chi connectivity index (χ1v) is 6.31. The molecule has 0 saturated carbocycles. The van der Waals surface area contributed by atoms with Crippen LogP contribution in [0.1, 0.15) is 17.7 Å². The van der Waals surface area contributed by atoms with Gasteiger partial charge in [-0.15, -0.1) is 0 Å². The molecular formula is C13H10Cl2N2. The summed E-state index contributed by atoms with van der Waals surface area (Å²) in [6.45, 7) is 0. The summed E-state index contributed by atoms with van der Waals surface area (Å²) in [6.07, 6.45) is 3.07. The van der Waals surface area contributed by atoms with Gasteiger partial charge in [-0.3, -0.25) is 0 Å². The van der Waals surface area contributed by atoms with Crippen LogP contribution < -0.4 is 0 Å². The minimum absolute atomic E-state index is 0.572. The molecule has 0 fully saturated rings. The lowest BCUT2D eigenvalue weighted by Crippen LogP contribution is -1.97. The van der Waals surface area contributed by atoms with Gasteiger partial charge in [-0.2, -0.15) is 0 Å². The first kappa shape index (κ1) is 11.0. The van der Waals surface area contributed by atoms with Gasteiger partial charge in [0.2, 0.25) is 0 Å². The van der Waals surface area contributed by atoms with Crippen LogP contribution in [0.15, 0.2) is 24.3 Å². The highest BCUT2D eigenvalue weighted by molar-refractivity contribution is 6.33. The fourth-order valence-corrected chi connectivity index (χ4v) is 2.65. The number of hydrogen-bond donors (Lipinski definition) is 0. The van der Waals surface area contributed by atoms with Crippen LogP contribution in [0.4, 0.5) is 0 Å². The summed E-state index contributed by atoms with van der Waals surface area (Å²) in [6, 6.07) is 7.56. The number of halogens is 2. The Kier molecular flexibility index (Phi) is 2.77. The van der Waals surface area contributed by atoms with E-state index in [0.717, 1.165) is 36.1 Å². The molecule has 1 aromatic carbocycles. The number of aryl methyl sites for hydroxylation is 1. The molecule has 0 unspecified atom stereocenters. The van der Waals surface area contributed by atoms with Gasteiger partial charge in [-0.05, 0) is 31.4 Å². The third-order valence-corrected chi connectivity index (χ3v) is 3.64. The van der Waals surface area contributed by atoms with E-state index < -0.39 is 0 Å². The van der Waals surface area contributed by atoms with Crippen molar-refractivity contribution in [3.05, 3.63) is 45.7 Å². The molecular weight excluding hydrogens is 255 g/mol. The van der Waals surface area contributed by atoms with Crippen LogP contribution in [-0.4, -0.2) is 9.97 Å². The molecule has 4 heteroatoms. The number of rotatable bonds is 1. The molecule has 2 aromatic rings. The van der Waals surface area contributed by atoms with Crippen molar-refractivity contribution < 1.29 is 0 Å². The van der Waals surface area contributed by atoms with Crippen molar-refractivity contribution in [1.29, 1.82) is 0 Å². The Hall–Kier alpha value is -1.12. The Morgan fingerprint density at radius 2 is 1.82 bits per heavy atom. The number of fused-ring (bicyclic) bond motifs is 1. The molecule has 1 aromatic heterocycles. The van der Waals surface area contributed by atoms with Crippen molar-refractivity contribution in [3.8, 4) is 11.4 Å². The minimum Gasteiger partial charge on any atom is -0.233 e. The lowest BCUT2D eigenvalue weighted by atomic mass is 10.2. The van der Waals surface area contributed by atoms with Gasteiger partial charge < -0.3 is 0 Å². The highest BCUT2D eigenvalue weighted by Gasteiger charge is 2.19. The molecule has 0 amide bonds. The third kappa shape index (κ3) is 1.92. The van der Waals surface area contributed by atoms with E-state index in [1.54, 1.807) is 0 Å². The van der Waals surface area contributed by atoms with Crippen LogP contribution in [0.2, 0.25) is 10.2 Å². The lowest BCUT2D eigenvalue weighted by molar-refractivity contribution is 0.900. The Bertz CT molecular complexity index is 582. The van der Waals surface area contributed by atoms with Gasteiger partial charge >= 0.3 is 0 Å². The molecule has 1 heterocycles. The van der Waals surface area contributed by atoms with E-state index in [2.05, 4.69) is 9.97 Å². The third-order valence-electron chi connectivity index (χ3n) is 3.00. The zero-order valence-electron chi connectivity index (χ0n) is 9.08.